The largest absolute Gasteiger partial charge is 0.464 e. The van der Waals surface area contributed by atoms with Gasteiger partial charge in [0, 0.05) is 11.4 Å². The molecule has 2 aliphatic rings. The van der Waals surface area contributed by atoms with E-state index in [1.165, 1.54) is 17.8 Å². The summed E-state index contributed by atoms with van der Waals surface area (Å²) < 4.78 is 55.5. The maximum Gasteiger partial charge on any atom is 0.459 e. The summed E-state index contributed by atoms with van der Waals surface area (Å²) in [6.07, 6.45) is 4.05. The first-order valence-corrected chi connectivity index (χ1v) is 17.6. The zero-order valence-electron chi connectivity index (χ0n) is 27.9. The van der Waals surface area contributed by atoms with Gasteiger partial charge in [-0.05, 0) is 43.6 Å². The molecule has 1 saturated carbocycles. The number of alkyl halides is 1. The van der Waals surface area contributed by atoms with Crippen LogP contribution in [0.1, 0.15) is 52.6 Å². The van der Waals surface area contributed by atoms with Crippen LogP contribution in [0.2, 0.25) is 0 Å². The molecule has 15 heteroatoms. The summed E-state index contributed by atoms with van der Waals surface area (Å²) in [6.45, 7) is 8.34. The number of nitrogens with one attached hydrogen (secondary N) is 2. The minimum absolute atomic E-state index is 0.118. The van der Waals surface area contributed by atoms with Crippen LogP contribution in [-0.4, -0.2) is 73.8 Å². The number of esters is 1. The molecule has 1 aliphatic carbocycles. The van der Waals surface area contributed by atoms with Gasteiger partial charge in [0.25, 0.3) is 0 Å². The molecular formula is C34H40FN6O7P. The molecule has 6 rings (SSSR count). The Labute approximate surface area is 283 Å². The number of benzene rings is 2. The Morgan fingerprint density at radius 3 is 2.69 bits per heavy atom. The summed E-state index contributed by atoms with van der Waals surface area (Å²) in [4.78, 5) is 26.2. The van der Waals surface area contributed by atoms with Crippen molar-refractivity contribution in [3.63, 3.8) is 0 Å². The molecule has 0 radical (unpaired) electrons. The smallest absolute Gasteiger partial charge is 0.459 e. The highest BCUT2D eigenvalue weighted by Crippen LogP contribution is 2.49. The lowest BCUT2D eigenvalue weighted by atomic mass is 9.97. The highest BCUT2D eigenvalue weighted by molar-refractivity contribution is 7.52. The zero-order valence-corrected chi connectivity index (χ0v) is 28.8. The summed E-state index contributed by atoms with van der Waals surface area (Å²) in [5, 5.41) is 18.6. The SMILES string of the molecule is C#C[C@@]1(F)[C@H](O)[C@@H](CO[P@](=O)(N[C@@H](C)C(=O)OCC(C)(C)C)Oc2cccc3ccccc23)O[C@H]1n1cnc2c(NC3CC3)nc(C)nc21. The summed E-state index contributed by atoms with van der Waals surface area (Å²) in [5.74, 6) is 2.47. The zero-order chi connectivity index (χ0) is 35.1. The number of ether oxygens (including phenoxy) is 2. The van der Waals surface area contributed by atoms with Gasteiger partial charge in [-0.1, -0.05) is 63.1 Å². The Morgan fingerprint density at radius 2 is 1.98 bits per heavy atom. The van der Waals surface area contributed by atoms with Gasteiger partial charge in [0.2, 0.25) is 5.67 Å². The van der Waals surface area contributed by atoms with Crippen LogP contribution in [0.3, 0.4) is 0 Å². The highest BCUT2D eigenvalue weighted by atomic mass is 31.2. The molecule has 6 atom stereocenters. The maximum absolute atomic E-state index is 16.5. The third kappa shape index (κ3) is 7.41. The number of aromatic nitrogens is 4. The average Bonchev–Trinajstić information content (AvgIpc) is 3.72. The van der Waals surface area contributed by atoms with Gasteiger partial charge in [-0.15, -0.1) is 6.42 Å². The number of nitrogens with zero attached hydrogens (tertiary/aromatic N) is 4. The second-order valence-electron chi connectivity index (χ2n) is 13.6. The Kier molecular flexibility index (Phi) is 9.43. The monoisotopic (exact) mass is 694 g/mol. The molecular weight excluding hydrogens is 654 g/mol. The fourth-order valence-electron chi connectivity index (χ4n) is 5.40. The Bertz CT molecular complexity index is 1950. The maximum atomic E-state index is 16.5. The molecule has 3 heterocycles. The van der Waals surface area contributed by atoms with Gasteiger partial charge in [0.15, 0.2) is 23.2 Å². The van der Waals surface area contributed by atoms with E-state index in [1.807, 2.05) is 44.9 Å². The molecule has 1 saturated heterocycles. The van der Waals surface area contributed by atoms with Gasteiger partial charge < -0.3 is 24.4 Å². The molecule has 0 amide bonds. The molecule has 0 spiro atoms. The molecule has 13 nitrogen and oxygen atoms in total. The fourth-order valence-corrected chi connectivity index (χ4v) is 6.92. The van der Waals surface area contributed by atoms with Crippen LogP contribution in [-0.2, 0) is 23.4 Å². The van der Waals surface area contributed by atoms with Crippen molar-refractivity contribution in [2.45, 2.75) is 83.6 Å². The van der Waals surface area contributed by atoms with Crippen molar-refractivity contribution in [1.29, 1.82) is 0 Å². The number of aliphatic hydroxyl groups is 1. The van der Waals surface area contributed by atoms with Crippen LogP contribution in [0, 0.1) is 24.7 Å². The number of rotatable bonds is 12. The van der Waals surface area contributed by atoms with Gasteiger partial charge in [-0.3, -0.25) is 13.9 Å². The van der Waals surface area contributed by atoms with Gasteiger partial charge in [0.05, 0.1) is 19.5 Å². The Balaban J connectivity index is 1.26. The molecule has 2 fully saturated rings. The van der Waals surface area contributed by atoms with Gasteiger partial charge in [-0.25, -0.2) is 23.9 Å². The molecule has 260 valence electrons. The van der Waals surface area contributed by atoms with E-state index < -0.39 is 50.5 Å². The molecule has 1 aliphatic heterocycles. The van der Waals surface area contributed by atoms with Gasteiger partial charge in [0.1, 0.15) is 29.8 Å². The molecule has 0 unspecified atom stereocenters. The number of anilines is 1. The number of imidazole rings is 1. The highest BCUT2D eigenvalue weighted by Gasteiger charge is 2.58. The van der Waals surface area contributed by atoms with Crippen LogP contribution in [0.15, 0.2) is 48.8 Å². The summed E-state index contributed by atoms with van der Waals surface area (Å²) in [7, 11) is -4.45. The van der Waals surface area contributed by atoms with Gasteiger partial charge >= 0.3 is 13.7 Å². The first-order chi connectivity index (χ1) is 23.2. The van der Waals surface area contributed by atoms with Crippen LogP contribution in [0.5, 0.6) is 5.75 Å². The summed E-state index contributed by atoms with van der Waals surface area (Å²) >= 11 is 0. The summed E-state index contributed by atoms with van der Waals surface area (Å²) in [5.41, 5.74) is -2.43. The number of hydrogen-bond acceptors (Lipinski definition) is 11. The lowest BCUT2D eigenvalue weighted by Crippen LogP contribution is -2.42. The molecule has 3 N–H and O–H groups in total. The Hall–Kier alpha value is -4.12. The lowest BCUT2D eigenvalue weighted by molar-refractivity contribution is -0.148. The standard InChI is InChI=1S/C34H40FN6O7P/c1-7-34(35)28(42)26(47-32(34)41-19-36-27-29(39-23-15-16-23)37-21(3)38-30(27)41)17-46-49(44,40-20(2)31(43)45-18-33(4,5)6)48-25-14-10-12-22-11-8-9-13-24(22)25/h1,8-14,19-20,23,26,28,32,42H,15-18H2,2-6H3,(H,40,44)(H,37,38,39)/t20-,26+,28+,32+,34+,49+/m0/s1. The number of terminal acetylenes is 1. The second kappa shape index (κ2) is 13.3. The van der Waals surface area contributed by atoms with E-state index >= 15 is 4.39 Å². The number of hydrogen-bond donors (Lipinski definition) is 3. The fraction of sp³-hybridized carbons (Fsp3) is 0.471. The summed E-state index contributed by atoms with van der Waals surface area (Å²) in [6, 6.07) is 11.6. The number of carbonyl (C=O) groups excluding carboxylic acids is 1. The van der Waals surface area contributed by atoms with E-state index in [-0.39, 0.29) is 29.5 Å². The van der Waals surface area contributed by atoms with Crippen molar-refractivity contribution in [3.05, 3.63) is 54.6 Å². The number of halogens is 1. The van der Waals surface area contributed by atoms with Crippen LogP contribution in [0.4, 0.5) is 10.2 Å². The number of carbonyl (C=O) groups is 1. The first kappa shape index (κ1) is 34.7. The van der Waals surface area contributed by atoms with E-state index in [1.54, 1.807) is 31.2 Å². The van der Waals surface area contributed by atoms with E-state index in [9.17, 15) is 14.5 Å². The average molecular weight is 695 g/mol. The predicted octanol–water partition coefficient (Wildman–Crippen LogP) is 5.23. The van der Waals surface area contributed by atoms with Crippen molar-refractivity contribution in [3.8, 4) is 18.1 Å². The molecule has 4 aromatic rings. The minimum Gasteiger partial charge on any atom is -0.464 e. The molecule has 49 heavy (non-hydrogen) atoms. The van der Waals surface area contributed by atoms with Crippen molar-refractivity contribution < 1.29 is 37.4 Å². The van der Waals surface area contributed by atoms with Crippen LogP contribution in [0.25, 0.3) is 21.9 Å². The van der Waals surface area contributed by atoms with Crippen molar-refractivity contribution in [1.82, 2.24) is 24.6 Å². The quantitative estimate of drug-likeness (QED) is 0.101. The first-order valence-electron chi connectivity index (χ1n) is 16.0. The molecule has 2 aromatic heterocycles. The number of fused-ring (bicyclic) bond motifs is 2. The third-order valence-electron chi connectivity index (χ3n) is 8.10. The van der Waals surface area contributed by atoms with E-state index in [0.717, 1.165) is 18.2 Å². The third-order valence-corrected chi connectivity index (χ3v) is 9.73. The van der Waals surface area contributed by atoms with Crippen molar-refractivity contribution in [2.75, 3.05) is 18.5 Å². The Morgan fingerprint density at radius 1 is 1.24 bits per heavy atom. The van der Waals surface area contributed by atoms with Crippen LogP contribution >= 0.6 is 7.75 Å². The lowest BCUT2D eigenvalue weighted by Gasteiger charge is -2.26. The molecule has 2 aromatic carbocycles. The van der Waals surface area contributed by atoms with Gasteiger partial charge in [-0.2, -0.15) is 5.09 Å². The van der Waals surface area contributed by atoms with E-state index in [4.69, 9.17) is 24.9 Å². The number of aryl methyl sites for hydroxylation is 1. The van der Waals surface area contributed by atoms with Crippen molar-refractivity contribution in [2.24, 2.45) is 5.41 Å². The molecule has 0 bridgehead atoms. The minimum atomic E-state index is -4.45. The predicted molar refractivity (Wildman–Crippen MR) is 180 cm³/mol. The van der Waals surface area contributed by atoms with Crippen LogP contribution < -0.4 is 14.9 Å². The normalized spacial score (nSPS) is 24.3. The topological polar surface area (TPSA) is 159 Å². The van der Waals surface area contributed by atoms with E-state index in [2.05, 4.69) is 25.4 Å². The number of aliphatic hydroxyl groups excluding tert-OH is 1. The van der Waals surface area contributed by atoms with E-state index in [0.29, 0.717) is 22.5 Å². The van der Waals surface area contributed by atoms with Crippen molar-refractivity contribution >= 4 is 41.5 Å². The second-order valence-corrected chi connectivity index (χ2v) is 15.3.